The topological polar surface area (TPSA) is 81.5 Å². The van der Waals surface area contributed by atoms with Crippen LogP contribution in [0, 0.1) is 5.92 Å². The highest BCUT2D eigenvalue weighted by Crippen LogP contribution is 2.54. The van der Waals surface area contributed by atoms with Gasteiger partial charge in [-0.15, -0.1) is 0 Å². The molecule has 2 fully saturated rings. The Labute approximate surface area is 233 Å². The van der Waals surface area contributed by atoms with Crippen molar-refractivity contribution in [1.29, 1.82) is 0 Å². The van der Waals surface area contributed by atoms with Crippen LogP contribution in [-0.2, 0) is 26.9 Å². The molecule has 1 atom stereocenters. The second-order valence-electron chi connectivity index (χ2n) is 10.9. The van der Waals surface area contributed by atoms with Crippen LogP contribution in [0.25, 0.3) is 5.57 Å². The lowest BCUT2D eigenvalue weighted by atomic mass is 9.79. The molecule has 3 aliphatic rings. The van der Waals surface area contributed by atoms with E-state index in [0.717, 1.165) is 49.6 Å². The number of aromatic nitrogens is 2. The summed E-state index contributed by atoms with van der Waals surface area (Å²) in [6.45, 7) is 0.276. The number of amides is 1. The summed E-state index contributed by atoms with van der Waals surface area (Å²) >= 11 is 0. The molecule has 1 aliphatic heterocycles. The smallest absolute Gasteiger partial charge is 0.417 e. The zero-order valence-electron chi connectivity index (χ0n) is 21.9. The lowest BCUT2D eigenvalue weighted by molar-refractivity contribution is -0.221. The van der Waals surface area contributed by atoms with Crippen molar-refractivity contribution in [3.63, 3.8) is 0 Å². The van der Waals surface area contributed by atoms with Crippen molar-refractivity contribution in [3.8, 4) is 5.75 Å². The number of halogens is 6. The normalized spacial score (nSPS) is 22.4. The van der Waals surface area contributed by atoms with Crippen molar-refractivity contribution in [2.45, 2.75) is 81.1 Å². The molecule has 1 aromatic heterocycles. The number of benzene rings is 1. The Kier molecular flexibility index (Phi) is 7.66. The van der Waals surface area contributed by atoms with E-state index in [4.69, 9.17) is 4.74 Å². The van der Waals surface area contributed by atoms with Crippen molar-refractivity contribution in [2.75, 3.05) is 6.61 Å². The molecule has 2 saturated carbocycles. The van der Waals surface area contributed by atoms with Crippen LogP contribution in [-0.4, -0.2) is 52.6 Å². The largest absolute Gasteiger partial charge is 0.494 e. The fraction of sp³-hybridized carbons (Fsp3) is 0.556. The first kappa shape index (κ1) is 29.5. The highest BCUT2D eigenvalue weighted by molar-refractivity contribution is 7.90. The summed E-state index contributed by atoms with van der Waals surface area (Å²) in [5, 5.41) is 3.30. The van der Waals surface area contributed by atoms with Gasteiger partial charge in [-0.25, -0.2) is 12.7 Å². The van der Waals surface area contributed by atoms with Gasteiger partial charge in [-0.3, -0.25) is 9.48 Å². The Morgan fingerprint density at radius 3 is 2.24 bits per heavy atom. The van der Waals surface area contributed by atoms with Crippen LogP contribution in [0.15, 0.2) is 42.6 Å². The van der Waals surface area contributed by atoms with Crippen LogP contribution in [0.1, 0.15) is 62.6 Å². The van der Waals surface area contributed by atoms with E-state index in [1.807, 2.05) is 0 Å². The SMILES string of the molecule is O=C1C=C(c2ccn(CC3CCC3)n2)CC(c2ccc(OCCCC(F)(F)F)cc2)(C(F)(F)F)N1S(=O)(=O)C1CC1. The zero-order valence-corrected chi connectivity index (χ0v) is 22.7. The maximum atomic E-state index is 15.3. The molecule has 0 spiro atoms. The summed E-state index contributed by atoms with van der Waals surface area (Å²) in [4.78, 5) is 13.4. The van der Waals surface area contributed by atoms with Gasteiger partial charge in [0.25, 0.3) is 5.91 Å². The van der Waals surface area contributed by atoms with Crippen molar-refractivity contribution in [3.05, 3.63) is 53.9 Å². The maximum absolute atomic E-state index is 15.3. The molecule has 7 nitrogen and oxygen atoms in total. The highest BCUT2D eigenvalue weighted by Gasteiger charge is 2.67. The molecule has 5 rings (SSSR count). The third-order valence-corrected chi connectivity index (χ3v) is 10.1. The summed E-state index contributed by atoms with van der Waals surface area (Å²) < 4.78 is 117. The molecule has 0 saturated heterocycles. The van der Waals surface area contributed by atoms with E-state index in [1.165, 1.54) is 6.07 Å². The number of ether oxygens (including phenoxy) is 1. The molecule has 224 valence electrons. The van der Waals surface area contributed by atoms with Crippen molar-refractivity contribution >= 4 is 21.5 Å². The quantitative estimate of drug-likeness (QED) is 0.246. The van der Waals surface area contributed by atoms with Crippen molar-refractivity contribution < 1.29 is 44.3 Å². The second kappa shape index (κ2) is 10.7. The van der Waals surface area contributed by atoms with Gasteiger partial charge in [0.1, 0.15) is 5.75 Å². The number of nitrogens with zero attached hydrogens (tertiary/aromatic N) is 3. The summed E-state index contributed by atoms with van der Waals surface area (Å²) in [7, 11) is -4.67. The first-order chi connectivity index (χ1) is 19.2. The number of rotatable bonds is 10. The molecule has 2 aromatic rings. The van der Waals surface area contributed by atoms with E-state index >= 15 is 13.2 Å². The van der Waals surface area contributed by atoms with E-state index in [2.05, 4.69) is 5.10 Å². The minimum atomic E-state index is -5.23. The minimum absolute atomic E-state index is 0.0116. The van der Waals surface area contributed by atoms with Gasteiger partial charge in [-0.1, -0.05) is 18.6 Å². The average Bonchev–Trinajstić information content (AvgIpc) is 3.62. The van der Waals surface area contributed by atoms with Crippen LogP contribution in [0.5, 0.6) is 5.75 Å². The van der Waals surface area contributed by atoms with E-state index in [0.29, 0.717) is 12.5 Å². The van der Waals surface area contributed by atoms with Gasteiger partial charge in [0, 0.05) is 31.7 Å². The molecule has 0 bridgehead atoms. The van der Waals surface area contributed by atoms with Crippen LogP contribution in [0.3, 0.4) is 0 Å². The number of carbonyl (C=O) groups is 1. The number of carbonyl (C=O) groups excluding carboxylic acids is 1. The second-order valence-corrected chi connectivity index (χ2v) is 12.9. The first-order valence-electron chi connectivity index (χ1n) is 13.4. The minimum Gasteiger partial charge on any atom is -0.494 e. The molecule has 1 unspecified atom stereocenters. The predicted octanol–water partition coefficient (Wildman–Crippen LogP) is 5.97. The lowest BCUT2D eigenvalue weighted by Crippen LogP contribution is -2.62. The molecular weight excluding hydrogens is 576 g/mol. The number of hydrogen-bond acceptors (Lipinski definition) is 5. The Hall–Kier alpha value is -3.03. The van der Waals surface area contributed by atoms with Crippen LogP contribution in [0.4, 0.5) is 26.3 Å². The van der Waals surface area contributed by atoms with E-state index in [1.54, 1.807) is 10.9 Å². The maximum Gasteiger partial charge on any atom is 0.417 e. The third-order valence-electron chi connectivity index (χ3n) is 7.80. The Morgan fingerprint density at radius 1 is 1.00 bits per heavy atom. The first-order valence-corrected chi connectivity index (χ1v) is 14.9. The molecular formula is C27H29F6N3O4S. The number of alkyl halides is 6. The average molecular weight is 606 g/mol. The van der Waals surface area contributed by atoms with Gasteiger partial charge in [-0.05, 0) is 67.4 Å². The van der Waals surface area contributed by atoms with E-state index in [9.17, 15) is 26.4 Å². The summed E-state index contributed by atoms with van der Waals surface area (Å²) in [6, 6.07) is 5.80. The van der Waals surface area contributed by atoms with E-state index < -0.39 is 57.5 Å². The van der Waals surface area contributed by atoms with Crippen LogP contribution in [0.2, 0.25) is 0 Å². The molecule has 0 radical (unpaired) electrons. The fourth-order valence-corrected chi connectivity index (χ4v) is 7.32. The Morgan fingerprint density at radius 2 is 1.68 bits per heavy atom. The van der Waals surface area contributed by atoms with Gasteiger partial charge >= 0.3 is 12.4 Å². The third kappa shape index (κ3) is 5.98. The highest BCUT2D eigenvalue weighted by atomic mass is 32.2. The summed E-state index contributed by atoms with van der Waals surface area (Å²) in [5.41, 5.74) is -3.67. The molecule has 1 aromatic carbocycles. The van der Waals surface area contributed by atoms with Gasteiger partial charge in [0.05, 0.1) is 17.6 Å². The Balaban J connectivity index is 1.50. The fourth-order valence-electron chi connectivity index (χ4n) is 5.28. The van der Waals surface area contributed by atoms with Crippen molar-refractivity contribution in [1.82, 2.24) is 14.1 Å². The zero-order chi connectivity index (χ0) is 29.6. The molecule has 0 N–H and O–H groups in total. The van der Waals surface area contributed by atoms with Gasteiger partial charge in [-0.2, -0.15) is 31.4 Å². The molecule has 41 heavy (non-hydrogen) atoms. The van der Waals surface area contributed by atoms with Crippen molar-refractivity contribution in [2.24, 2.45) is 5.92 Å². The number of hydrogen-bond donors (Lipinski definition) is 0. The van der Waals surface area contributed by atoms with E-state index in [-0.39, 0.29) is 47.2 Å². The van der Waals surface area contributed by atoms with Gasteiger partial charge in [0.15, 0.2) is 5.54 Å². The summed E-state index contributed by atoms with van der Waals surface area (Å²) in [5.74, 6) is -0.874. The van der Waals surface area contributed by atoms with Gasteiger partial charge in [0.2, 0.25) is 10.0 Å². The predicted molar refractivity (Wildman–Crippen MR) is 136 cm³/mol. The van der Waals surface area contributed by atoms with Crippen LogP contribution >= 0.6 is 0 Å². The number of sulfonamides is 1. The summed E-state index contributed by atoms with van der Waals surface area (Å²) in [6.07, 6.45) is -5.90. The molecule has 2 heterocycles. The van der Waals surface area contributed by atoms with Gasteiger partial charge < -0.3 is 4.74 Å². The standard InChI is InChI=1S/C27H29F6N3O4S/c28-26(29,30)12-2-14-40-21-7-5-20(6-8-21)25(27(31,32)33)16-19(15-24(37)36(25)41(38,39)22-9-10-22)23-11-13-35(34-23)17-18-3-1-4-18/h5-8,11,13,15,18,22H,1-4,9-10,12,14,16-17H2. The van der Waals surface area contributed by atoms with Crippen LogP contribution < -0.4 is 4.74 Å². The lowest BCUT2D eigenvalue weighted by Gasteiger charge is -2.46. The molecule has 1 amide bonds. The molecule has 14 heteroatoms. The molecule has 2 aliphatic carbocycles. The Bertz CT molecular complexity index is 1410. The monoisotopic (exact) mass is 605 g/mol.